The van der Waals surface area contributed by atoms with E-state index in [9.17, 15) is 0 Å². The van der Waals surface area contributed by atoms with Crippen LogP contribution in [-0.2, 0) is 13.1 Å². The molecule has 2 aromatic rings. The van der Waals surface area contributed by atoms with Crippen LogP contribution in [0.25, 0.3) is 0 Å². The van der Waals surface area contributed by atoms with E-state index in [1.54, 1.807) is 14.2 Å². The van der Waals surface area contributed by atoms with Gasteiger partial charge in [0.2, 0.25) is 0 Å². The summed E-state index contributed by atoms with van der Waals surface area (Å²) in [7, 11) is 5.62. The summed E-state index contributed by atoms with van der Waals surface area (Å²) in [4.78, 5) is 4.92. The fraction of sp³-hybridized carbons (Fsp3) is 0.538. The SMILES string of the molecule is CCOc1ccc(CN2Cc3cc(OC)ccc3OC3(CCCN(C)CC3)C2)cc1OC. The Bertz CT molecular complexity index is 919. The molecule has 2 aliphatic rings. The molecular formula is C26H36N2O4. The van der Waals surface area contributed by atoms with Gasteiger partial charge in [0.25, 0.3) is 0 Å². The Morgan fingerprint density at radius 1 is 1.00 bits per heavy atom. The zero-order valence-corrected chi connectivity index (χ0v) is 19.9. The van der Waals surface area contributed by atoms with Gasteiger partial charge in [-0.2, -0.15) is 0 Å². The summed E-state index contributed by atoms with van der Waals surface area (Å²) in [6.45, 7) is 7.31. The maximum Gasteiger partial charge on any atom is 0.161 e. The predicted octanol–water partition coefficient (Wildman–Crippen LogP) is 4.35. The smallest absolute Gasteiger partial charge is 0.161 e. The Labute approximate surface area is 192 Å². The van der Waals surface area contributed by atoms with Crippen LogP contribution in [0.2, 0.25) is 0 Å². The summed E-state index contributed by atoms with van der Waals surface area (Å²) in [6.07, 6.45) is 3.23. The van der Waals surface area contributed by atoms with Crippen molar-refractivity contribution in [2.75, 3.05) is 47.5 Å². The second-order valence-corrected chi connectivity index (χ2v) is 8.98. The summed E-state index contributed by atoms with van der Waals surface area (Å²) < 4.78 is 23.6. The summed E-state index contributed by atoms with van der Waals surface area (Å²) in [6, 6.07) is 12.4. The molecule has 0 bridgehead atoms. The average molecular weight is 441 g/mol. The van der Waals surface area contributed by atoms with E-state index < -0.39 is 0 Å². The first-order valence-electron chi connectivity index (χ1n) is 11.6. The second kappa shape index (κ2) is 10.0. The molecule has 1 spiro atoms. The van der Waals surface area contributed by atoms with E-state index in [2.05, 4.69) is 41.1 Å². The van der Waals surface area contributed by atoms with E-state index in [0.717, 1.165) is 75.0 Å². The number of likely N-dealkylation sites (tertiary alicyclic amines) is 1. The monoisotopic (exact) mass is 440 g/mol. The van der Waals surface area contributed by atoms with Gasteiger partial charge in [0, 0.05) is 38.2 Å². The molecule has 2 aliphatic heterocycles. The summed E-state index contributed by atoms with van der Waals surface area (Å²) in [5.41, 5.74) is 2.20. The lowest BCUT2D eigenvalue weighted by molar-refractivity contribution is 0.0221. The summed E-state index contributed by atoms with van der Waals surface area (Å²) in [5.74, 6) is 3.42. The van der Waals surface area contributed by atoms with E-state index in [0.29, 0.717) is 6.61 Å². The fourth-order valence-electron chi connectivity index (χ4n) is 4.89. The Morgan fingerprint density at radius 2 is 1.88 bits per heavy atom. The molecule has 6 nitrogen and oxygen atoms in total. The maximum absolute atomic E-state index is 6.81. The number of hydrogen-bond acceptors (Lipinski definition) is 6. The van der Waals surface area contributed by atoms with Crippen LogP contribution in [0.4, 0.5) is 0 Å². The molecule has 0 aliphatic carbocycles. The van der Waals surface area contributed by atoms with E-state index in [1.165, 1.54) is 11.1 Å². The van der Waals surface area contributed by atoms with Crippen molar-refractivity contribution in [3.8, 4) is 23.0 Å². The molecule has 2 aromatic carbocycles. The first-order valence-corrected chi connectivity index (χ1v) is 11.6. The topological polar surface area (TPSA) is 43.4 Å². The molecule has 0 radical (unpaired) electrons. The minimum absolute atomic E-state index is 0.181. The van der Waals surface area contributed by atoms with Crippen molar-refractivity contribution >= 4 is 0 Å². The van der Waals surface area contributed by atoms with Gasteiger partial charge >= 0.3 is 0 Å². The largest absolute Gasteiger partial charge is 0.497 e. The van der Waals surface area contributed by atoms with Gasteiger partial charge in [0.15, 0.2) is 11.5 Å². The minimum Gasteiger partial charge on any atom is -0.497 e. The van der Waals surface area contributed by atoms with Gasteiger partial charge in [-0.15, -0.1) is 0 Å². The molecule has 4 rings (SSSR count). The van der Waals surface area contributed by atoms with Crippen LogP contribution in [-0.4, -0.2) is 62.9 Å². The Kier molecular flexibility index (Phi) is 7.11. The molecule has 0 N–H and O–H groups in total. The fourth-order valence-corrected chi connectivity index (χ4v) is 4.89. The number of hydrogen-bond donors (Lipinski definition) is 0. The Hall–Kier alpha value is -2.44. The molecule has 1 saturated heterocycles. The van der Waals surface area contributed by atoms with Gasteiger partial charge in [-0.3, -0.25) is 4.90 Å². The van der Waals surface area contributed by atoms with Crippen molar-refractivity contribution in [3.05, 3.63) is 47.5 Å². The molecule has 0 saturated carbocycles. The number of fused-ring (bicyclic) bond motifs is 1. The lowest BCUT2D eigenvalue weighted by Gasteiger charge is -2.35. The number of ether oxygens (including phenoxy) is 4. The molecule has 6 heteroatoms. The number of nitrogens with zero attached hydrogens (tertiary/aromatic N) is 2. The van der Waals surface area contributed by atoms with Gasteiger partial charge < -0.3 is 23.8 Å². The first kappa shape index (κ1) is 22.7. The molecule has 1 unspecified atom stereocenters. The van der Waals surface area contributed by atoms with Gasteiger partial charge in [-0.25, -0.2) is 0 Å². The van der Waals surface area contributed by atoms with Crippen LogP contribution < -0.4 is 18.9 Å². The average Bonchev–Trinajstić information content (AvgIpc) is 3.06. The Balaban J connectivity index is 1.64. The van der Waals surface area contributed by atoms with Crippen molar-refractivity contribution in [1.82, 2.24) is 9.80 Å². The van der Waals surface area contributed by atoms with Gasteiger partial charge in [-0.1, -0.05) is 6.07 Å². The molecule has 32 heavy (non-hydrogen) atoms. The molecule has 174 valence electrons. The second-order valence-electron chi connectivity index (χ2n) is 8.98. The highest BCUT2D eigenvalue weighted by molar-refractivity contribution is 5.44. The predicted molar refractivity (Wildman–Crippen MR) is 126 cm³/mol. The van der Waals surface area contributed by atoms with Crippen LogP contribution >= 0.6 is 0 Å². The van der Waals surface area contributed by atoms with Crippen molar-refractivity contribution < 1.29 is 18.9 Å². The highest BCUT2D eigenvalue weighted by Crippen LogP contribution is 2.38. The van der Waals surface area contributed by atoms with Crippen LogP contribution in [0.5, 0.6) is 23.0 Å². The molecule has 1 atom stereocenters. The van der Waals surface area contributed by atoms with E-state index in [-0.39, 0.29) is 5.60 Å². The van der Waals surface area contributed by atoms with E-state index in [4.69, 9.17) is 18.9 Å². The standard InChI is InChI=1S/C26H36N2O4/c1-5-31-24-9-7-20(15-25(24)30-4)17-28-18-21-16-22(29-3)8-10-23(21)32-26(19-28)11-6-13-27(2)14-12-26/h7-10,15-16H,5-6,11-14,17-19H2,1-4H3. The highest BCUT2D eigenvalue weighted by Gasteiger charge is 2.39. The minimum atomic E-state index is -0.181. The van der Waals surface area contributed by atoms with E-state index >= 15 is 0 Å². The van der Waals surface area contributed by atoms with Crippen molar-refractivity contribution in [2.24, 2.45) is 0 Å². The zero-order valence-electron chi connectivity index (χ0n) is 19.9. The molecule has 1 fully saturated rings. The molecular weight excluding hydrogens is 404 g/mol. The quantitative estimate of drug-likeness (QED) is 0.665. The van der Waals surface area contributed by atoms with Crippen molar-refractivity contribution in [2.45, 2.75) is 44.9 Å². The summed E-state index contributed by atoms with van der Waals surface area (Å²) >= 11 is 0. The van der Waals surface area contributed by atoms with Gasteiger partial charge in [-0.05, 0) is 69.3 Å². The van der Waals surface area contributed by atoms with Crippen LogP contribution in [0.1, 0.15) is 37.3 Å². The van der Waals surface area contributed by atoms with Crippen LogP contribution in [0, 0.1) is 0 Å². The highest BCUT2D eigenvalue weighted by atomic mass is 16.5. The third-order valence-electron chi connectivity index (χ3n) is 6.56. The van der Waals surface area contributed by atoms with Gasteiger partial charge in [0.1, 0.15) is 17.1 Å². The maximum atomic E-state index is 6.81. The van der Waals surface area contributed by atoms with Gasteiger partial charge in [0.05, 0.1) is 20.8 Å². The number of methoxy groups -OCH3 is 2. The van der Waals surface area contributed by atoms with E-state index in [1.807, 2.05) is 19.1 Å². The van der Waals surface area contributed by atoms with Crippen molar-refractivity contribution in [3.63, 3.8) is 0 Å². The number of benzene rings is 2. The molecule has 0 amide bonds. The lowest BCUT2D eigenvalue weighted by atomic mass is 9.93. The summed E-state index contributed by atoms with van der Waals surface area (Å²) in [5, 5.41) is 0. The lowest BCUT2D eigenvalue weighted by Crippen LogP contribution is -2.46. The van der Waals surface area contributed by atoms with Crippen LogP contribution in [0.15, 0.2) is 36.4 Å². The zero-order chi connectivity index (χ0) is 22.6. The van der Waals surface area contributed by atoms with Crippen molar-refractivity contribution in [1.29, 1.82) is 0 Å². The molecule has 2 heterocycles. The Morgan fingerprint density at radius 3 is 2.66 bits per heavy atom. The first-order chi connectivity index (χ1) is 15.5. The van der Waals surface area contributed by atoms with Crippen LogP contribution in [0.3, 0.4) is 0 Å². The third-order valence-corrected chi connectivity index (χ3v) is 6.56. The third kappa shape index (κ3) is 5.13. The number of rotatable bonds is 6. The molecule has 0 aromatic heterocycles. The normalized spacial score (nSPS) is 21.9.